The average Bonchev–Trinajstić information content (AvgIpc) is 2.88. The summed E-state index contributed by atoms with van der Waals surface area (Å²) < 4.78 is 4.79. The summed E-state index contributed by atoms with van der Waals surface area (Å²) in [7, 11) is 0. The van der Waals surface area contributed by atoms with E-state index in [0.717, 1.165) is 24.3 Å². The van der Waals surface area contributed by atoms with Crippen molar-refractivity contribution in [2.45, 2.75) is 13.8 Å². The molecule has 5 heteroatoms. The highest BCUT2D eigenvalue weighted by Gasteiger charge is 2.28. The van der Waals surface area contributed by atoms with E-state index in [9.17, 15) is 0 Å². The van der Waals surface area contributed by atoms with Gasteiger partial charge in [0.2, 0.25) is 0 Å². The van der Waals surface area contributed by atoms with E-state index < -0.39 is 0 Å². The molecule has 0 spiro atoms. The van der Waals surface area contributed by atoms with Gasteiger partial charge in [-0.25, -0.2) is 4.63 Å². The molecule has 2 aromatic rings. The van der Waals surface area contributed by atoms with Crippen molar-refractivity contribution < 1.29 is 4.63 Å². The second-order valence-corrected chi connectivity index (χ2v) is 4.99. The van der Waals surface area contributed by atoms with Gasteiger partial charge in [-0.1, -0.05) is 13.8 Å². The van der Waals surface area contributed by atoms with Gasteiger partial charge in [-0.15, -0.1) is 0 Å². The summed E-state index contributed by atoms with van der Waals surface area (Å²) in [5.74, 6) is 1.39. The van der Waals surface area contributed by atoms with Gasteiger partial charge in [0.1, 0.15) is 0 Å². The van der Waals surface area contributed by atoms with Crippen molar-refractivity contribution >= 4 is 22.4 Å². The Bertz CT molecular complexity index is 540. The normalized spacial score (nSPS) is 24.7. The van der Waals surface area contributed by atoms with Crippen LogP contribution in [0.5, 0.6) is 0 Å². The maximum Gasteiger partial charge on any atom is 0.160 e. The van der Waals surface area contributed by atoms with Gasteiger partial charge in [-0.2, -0.15) is 0 Å². The molecular formula is C12H16N4O. The van der Waals surface area contributed by atoms with Crippen LogP contribution in [0.2, 0.25) is 0 Å². The Morgan fingerprint density at radius 2 is 1.82 bits per heavy atom. The van der Waals surface area contributed by atoms with Crippen molar-refractivity contribution in [3.8, 4) is 0 Å². The number of benzene rings is 1. The zero-order valence-electron chi connectivity index (χ0n) is 10.1. The minimum atomic E-state index is 0.616. The van der Waals surface area contributed by atoms with Crippen LogP contribution in [0.1, 0.15) is 13.8 Å². The van der Waals surface area contributed by atoms with Crippen LogP contribution in [0.3, 0.4) is 0 Å². The molecule has 1 aliphatic rings. The van der Waals surface area contributed by atoms with Crippen LogP contribution in [-0.4, -0.2) is 23.4 Å². The van der Waals surface area contributed by atoms with Crippen molar-refractivity contribution in [2.75, 3.05) is 23.7 Å². The molecular weight excluding hydrogens is 216 g/mol. The van der Waals surface area contributed by atoms with Crippen LogP contribution < -0.4 is 10.6 Å². The first-order chi connectivity index (χ1) is 8.16. The summed E-state index contributed by atoms with van der Waals surface area (Å²) in [4.78, 5) is 2.33. The van der Waals surface area contributed by atoms with E-state index in [2.05, 4.69) is 29.1 Å². The van der Waals surface area contributed by atoms with E-state index in [1.54, 1.807) is 0 Å². The topological polar surface area (TPSA) is 68.2 Å². The van der Waals surface area contributed by atoms with Gasteiger partial charge in [0, 0.05) is 13.1 Å². The predicted molar refractivity (Wildman–Crippen MR) is 66.8 cm³/mol. The van der Waals surface area contributed by atoms with Gasteiger partial charge in [0.05, 0.1) is 11.4 Å². The molecule has 5 nitrogen and oxygen atoms in total. The number of hydrogen-bond donors (Lipinski definition) is 1. The third-order valence-corrected chi connectivity index (χ3v) is 3.75. The highest BCUT2D eigenvalue weighted by atomic mass is 16.6. The zero-order chi connectivity index (χ0) is 12.0. The molecule has 0 aliphatic carbocycles. The van der Waals surface area contributed by atoms with Crippen LogP contribution in [0.4, 0.5) is 11.4 Å². The summed E-state index contributed by atoms with van der Waals surface area (Å²) in [6, 6.07) is 3.88. The summed E-state index contributed by atoms with van der Waals surface area (Å²) in [5.41, 5.74) is 8.96. The Labute approximate surface area is 99.5 Å². The van der Waals surface area contributed by atoms with Crippen molar-refractivity contribution in [1.29, 1.82) is 0 Å². The quantitative estimate of drug-likeness (QED) is 0.760. The van der Waals surface area contributed by atoms with Gasteiger partial charge in [-0.05, 0) is 34.3 Å². The first kappa shape index (κ1) is 10.4. The highest BCUT2D eigenvalue weighted by Crippen LogP contribution is 2.33. The van der Waals surface area contributed by atoms with Crippen molar-refractivity contribution in [1.82, 2.24) is 10.3 Å². The van der Waals surface area contributed by atoms with Crippen LogP contribution in [0.15, 0.2) is 16.8 Å². The number of anilines is 2. The van der Waals surface area contributed by atoms with Crippen LogP contribution in [0.25, 0.3) is 11.0 Å². The second kappa shape index (κ2) is 3.61. The van der Waals surface area contributed by atoms with Gasteiger partial charge in [-0.3, -0.25) is 0 Å². The summed E-state index contributed by atoms with van der Waals surface area (Å²) in [6.07, 6.45) is 0. The van der Waals surface area contributed by atoms with E-state index in [-0.39, 0.29) is 0 Å². The first-order valence-electron chi connectivity index (χ1n) is 5.92. The molecule has 90 valence electrons. The number of rotatable bonds is 1. The average molecular weight is 232 g/mol. The monoisotopic (exact) mass is 232 g/mol. The van der Waals surface area contributed by atoms with Gasteiger partial charge in [0.15, 0.2) is 11.0 Å². The van der Waals surface area contributed by atoms with Crippen molar-refractivity contribution in [3.63, 3.8) is 0 Å². The first-order valence-corrected chi connectivity index (χ1v) is 5.92. The summed E-state index contributed by atoms with van der Waals surface area (Å²) >= 11 is 0. The minimum Gasteiger partial charge on any atom is -0.397 e. The molecule has 2 unspecified atom stereocenters. The maximum atomic E-state index is 5.84. The molecule has 1 saturated heterocycles. The van der Waals surface area contributed by atoms with Crippen LogP contribution >= 0.6 is 0 Å². The molecule has 1 aromatic carbocycles. The fraction of sp³-hybridized carbons (Fsp3) is 0.500. The zero-order valence-corrected chi connectivity index (χ0v) is 10.1. The number of nitrogen functional groups attached to an aromatic ring is 1. The van der Waals surface area contributed by atoms with Crippen LogP contribution in [-0.2, 0) is 0 Å². The predicted octanol–water partition coefficient (Wildman–Crippen LogP) is 1.90. The minimum absolute atomic E-state index is 0.616. The molecule has 0 bridgehead atoms. The Balaban J connectivity index is 2.07. The summed E-state index contributed by atoms with van der Waals surface area (Å²) in [6.45, 7) is 6.65. The molecule has 0 saturated carbocycles. The molecule has 1 aliphatic heterocycles. The molecule has 1 aromatic heterocycles. The lowest BCUT2D eigenvalue weighted by Gasteiger charge is -2.18. The maximum absolute atomic E-state index is 5.84. The largest absolute Gasteiger partial charge is 0.397 e. The molecule has 2 N–H and O–H groups in total. The molecule has 2 heterocycles. The van der Waals surface area contributed by atoms with Crippen LogP contribution in [0, 0.1) is 11.8 Å². The number of nitrogens with zero attached hydrogens (tertiary/aromatic N) is 3. The Hall–Kier alpha value is -1.78. The fourth-order valence-electron chi connectivity index (χ4n) is 2.45. The lowest BCUT2D eigenvalue weighted by atomic mass is 10.0. The van der Waals surface area contributed by atoms with E-state index in [1.807, 2.05) is 12.1 Å². The van der Waals surface area contributed by atoms with Gasteiger partial charge in [0.25, 0.3) is 0 Å². The van der Waals surface area contributed by atoms with E-state index in [1.165, 1.54) is 0 Å². The second-order valence-electron chi connectivity index (χ2n) is 4.99. The summed E-state index contributed by atoms with van der Waals surface area (Å²) in [5, 5.41) is 7.82. The van der Waals surface area contributed by atoms with Crippen molar-refractivity contribution in [3.05, 3.63) is 12.1 Å². The smallest absolute Gasteiger partial charge is 0.160 e. The lowest BCUT2D eigenvalue weighted by molar-refractivity contribution is 0.315. The van der Waals surface area contributed by atoms with Gasteiger partial charge >= 0.3 is 0 Å². The molecule has 0 amide bonds. The molecule has 0 radical (unpaired) electrons. The fourth-order valence-corrected chi connectivity index (χ4v) is 2.45. The molecule has 3 rings (SSSR count). The molecule has 17 heavy (non-hydrogen) atoms. The Kier molecular flexibility index (Phi) is 2.21. The number of fused-ring (bicyclic) bond motifs is 1. The Morgan fingerprint density at radius 1 is 1.18 bits per heavy atom. The molecule has 2 atom stereocenters. The van der Waals surface area contributed by atoms with E-state index >= 15 is 0 Å². The number of aromatic nitrogens is 2. The SMILES string of the molecule is CC1CN(c2ccc(N)c3nonc23)CC1C. The van der Waals surface area contributed by atoms with E-state index in [4.69, 9.17) is 10.4 Å². The Morgan fingerprint density at radius 3 is 2.53 bits per heavy atom. The molecule has 1 fully saturated rings. The highest BCUT2D eigenvalue weighted by molar-refractivity contribution is 5.95. The van der Waals surface area contributed by atoms with Gasteiger partial charge < -0.3 is 10.6 Å². The van der Waals surface area contributed by atoms with E-state index in [0.29, 0.717) is 23.0 Å². The third kappa shape index (κ3) is 1.53. The number of nitrogens with two attached hydrogens (primary N) is 1. The standard InChI is InChI=1S/C12H16N4O/c1-7-5-16(6-8(7)2)10-4-3-9(13)11-12(10)15-17-14-11/h3-4,7-8H,5-6,13H2,1-2H3. The lowest BCUT2D eigenvalue weighted by Crippen LogP contribution is -2.19. The third-order valence-electron chi connectivity index (χ3n) is 3.75. The van der Waals surface area contributed by atoms with Crippen molar-refractivity contribution in [2.24, 2.45) is 11.8 Å². The number of hydrogen-bond acceptors (Lipinski definition) is 5.